The summed E-state index contributed by atoms with van der Waals surface area (Å²) >= 11 is 1.14. The molecule has 2 fully saturated rings. The number of nitrogens with zero attached hydrogens (tertiary/aromatic N) is 4. The van der Waals surface area contributed by atoms with E-state index in [1.54, 1.807) is 15.2 Å². The lowest BCUT2D eigenvalue weighted by molar-refractivity contribution is -0.129. The Morgan fingerprint density at radius 3 is 3.05 bits per heavy atom. The molecule has 19 heavy (non-hydrogen) atoms. The van der Waals surface area contributed by atoms with Crippen LogP contribution in [-0.4, -0.2) is 68.1 Å². The molecule has 2 aliphatic rings. The van der Waals surface area contributed by atoms with Crippen LogP contribution in [0.2, 0.25) is 0 Å². The van der Waals surface area contributed by atoms with Gasteiger partial charge in [0, 0.05) is 24.9 Å². The molecule has 2 amide bonds. The zero-order valence-electron chi connectivity index (χ0n) is 10.2. The SMILES string of the molecule is O=C1CC2C(CCN2C(=O)c2csnn2)N1CCO. The van der Waals surface area contributed by atoms with E-state index < -0.39 is 0 Å². The Kier molecular flexibility index (Phi) is 3.19. The summed E-state index contributed by atoms with van der Waals surface area (Å²) in [6.45, 7) is 0.931. The van der Waals surface area contributed by atoms with Crippen LogP contribution in [0.1, 0.15) is 23.3 Å². The van der Waals surface area contributed by atoms with Gasteiger partial charge in [-0.25, -0.2) is 0 Å². The van der Waals surface area contributed by atoms with Gasteiger partial charge in [-0.2, -0.15) is 0 Å². The standard InChI is InChI=1S/C11H14N4O3S/c16-4-3-14-8-1-2-15(9(8)5-10(14)17)11(18)7-6-19-13-12-7/h6,8-9,16H,1-5H2. The van der Waals surface area contributed by atoms with Gasteiger partial charge in [0.2, 0.25) is 5.91 Å². The molecule has 0 aromatic carbocycles. The number of aromatic nitrogens is 2. The zero-order valence-corrected chi connectivity index (χ0v) is 11.0. The van der Waals surface area contributed by atoms with Gasteiger partial charge in [-0.3, -0.25) is 9.59 Å². The van der Waals surface area contributed by atoms with E-state index in [1.807, 2.05) is 0 Å². The molecule has 3 rings (SSSR count). The van der Waals surface area contributed by atoms with Crippen LogP contribution in [0.25, 0.3) is 0 Å². The van der Waals surface area contributed by atoms with Gasteiger partial charge in [0.1, 0.15) is 0 Å². The average Bonchev–Trinajstić information content (AvgIpc) is 3.08. The van der Waals surface area contributed by atoms with Gasteiger partial charge in [0.05, 0.1) is 18.7 Å². The topological polar surface area (TPSA) is 86.6 Å². The molecule has 0 bridgehead atoms. The number of likely N-dealkylation sites (tertiary alicyclic amines) is 2. The molecule has 0 aliphatic carbocycles. The van der Waals surface area contributed by atoms with E-state index >= 15 is 0 Å². The second-order valence-electron chi connectivity index (χ2n) is 4.73. The van der Waals surface area contributed by atoms with Gasteiger partial charge < -0.3 is 14.9 Å². The second-order valence-corrected chi connectivity index (χ2v) is 5.34. The van der Waals surface area contributed by atoms with Crippen LogP contribution in [0, 0.1) is 0 Å². The molecule has 2 saturated heterocycles. The summed E-state index contributed by atoms with van der Waals surface area (Å²) in [6.07, 6.45) is 1.10. The fraction of sp³-hybridized carbons (Fsp3) is 0.636. The summed E-state index contributed by atoms with van der Waals surface area (Å²) in [5, 5.41) is 14.4. The summed E-state index contributed by atoms with van der Waals surface area (Å²) in [6, 6.07) is -0.0524. The molecule has 1 aromatic heterocycles. The highest BCUT2D eigenvalue weighted by atomic mass is 32.1. The monoisotopic (exact) mass is 282 g/mol. The minimum atomic E-state index is -0.153. The van der Waals surface area contributed by atoms with Gasteiger partial charge >= 0.3 is 0 Å². The smallest absolute Gasteiger partial charge is 0.275 e. The maximum atomic E-state index is 12.3. The van der Waals surface area contributed by atoms with Crippen LogP contribution in [0.3, 0.4) is 0 Å². The van der Waals surface area contributed by atoms with Crippen LogP contribution < -0.4 is 0 Å². The van der Waals surface area contributed by atoms with Crippen molar-refractivity contribution in [1.82, 2.24) is 19.4 Å². The van der Waals surface area contributed by atoms with E-state index in [2.05, 4.69) is 9.59 Å². The molecule has 2 atom stereocenters. The number of hydrogen-bond acceptors (Lipinski definition) is 6. The Morgan fingerprint density at radius 1 is 1.53 bits per heavy atom. The van der Waals surface area contributed by atoms with Crippen molar-refractivity contribution >= 4 is 23.3 Å². The third kappa shape index (κ3) is 2.00. The van der Waals surface area contributed by atoms with Crippen molar-refractivity contribution in [2.24, 2.45) is 0 Å². The van der Waals surface area contributed by atoms with E-state index in [9.17, 15) is 9.59 Å². The van der Waals surface area contributed by atoms with Crippen molar-refractivity contribution in [3.8, 4) is 0 Å². The van der Waals surface area contributed by atoms with Gasteiger partial charge in [-0.05, 0) is 18.0 Å². The molecule has 102 valence electrons. The van der Waals surface area contributed by atoms with Crippen molar-refractivity contribution in [2.75, 3.05) is 19.7 Å². The minimum Gasteiger partial charge on any atom is -0.395 e. The second kappa shape index (κ2) is 4.86. The van der Waals surface area contributed by atoms with Crippen molar-refractivity contribution in [3.05, 3.63) is 11.1 Å². The number of carbonyl (C=O) groups excluding carboxylic acids is 2. The average molecular weight is 282 g/mol. The quantitative estimate of drug-likeness (QED) is 0.796. The summed E-state index contributed by atoms with van der Waals surface area (Å²) < 4.78 is 3.69. The van der Waals surface area contributed by atoms with Crippen molar-refractivity contribution in [2.45, 2.75) is 24.9 Å². The zero-order chi connectivity index (χ0) is 13.4. The van der Waals surface area contributed by atoms with Gasteiger partial charge in [0.15, 0.2) is 5.69 Å². The third-order valence-electron chi connectivity index (χ3n) is 3.80. The van der Waals surface area contributed by atoms with Gasteiger partial charge in [-0.1, -0.05) is 4.49 Å². The maximum Gasteiger partial charge on any atom is 0.275 e. The van der Waals surface area contributed by atoms with Crippen molar-refractivity contribution in [3.63, 3.8) is 0 Å². The lowest BCUT2D eigenvalue weighted by atomic mass is 10.1. The molecule has 1 N–H and O–H groups in total. The van der Waals surface area contributed by atoms with E-state index in [1.165, 1.54) is 0 Å². The highest BCUT2D eigenvalue weighted by molar-refractivity contribution is 7.03. The first-order valence-electron chi connectivity index (χ1n) is 6.20. The predicted octanol–water partition coefficient (Wildman–Crippen LogP) is -0.654. The summed E-state index contributed by atoms with van der Waals surface area (Å²) in [7, 11) is 0. The molecule has 7 nitrogen and oxygen atoms in total. The molecule has 2 aliphatic heterocycles. The molecule has 3 heterocycles. The lowest BCUT2D eigenvalue weighted by Crippen LogP contribution is -2.40. The first-order chi connectivity index (χ1) is 9.22. The number of aliphatic hydroxyl groups is 1. The largest absolute Gasteiger partial charge is 0.395 e. The highest BCUT2D eigenvalue weighted by Gasteiger charge is 2.48. The first-order valence-corrected chi connectivity index (χ1v) is 7.04. The maximum absolute atomic E-state index is 12.3. The van der Waals surface area contributed by atoms with Crippen LogP contribution in [-0.2, 0) is 4.79 Å². The van der Waals surface area contributed by atoms with Crippen molar-refractivity contribution in [1.29, 1.82) is 0 Å². The number of hydrogen-bond donors (Lipinski definition) is 1. The molecule has 8 heteroatoms. The van der Waals surface area contributed by atoms with Crippen molar-refractivity contribution < 1.29 is 14.7 Å². The first kappa shape index (κ1) is 12.5. The highest BCUT2D eigenvalue weighted by Crippen LogP contribution is 2.32. The molecular formula is C11H14N4O3S. The number of rotatable bonds is 3. The Labute approximate surface area is 114 Å². The van der Waals surface area contributed by atoms with Crippen LogP contribution in [0.4, 0.5) is 0 Å². The molecule has 0 radical (unpaired) electrons. The fourth-order valence-corrected chi connectivity index (χ4v) is 3.41. The molecule has 1 aromatic rings. The van der Waals surface area contributed by atoms with Crippen LogP contribution in [0.15, 0.2) is 5.38 Å². The Hall–Kier alpha value is -1.54. The molecule has 0 saturated carbocycles. The Balaban J connectivity index is 1.77. The minimum absolute atomic E-state index is 0.0120. The third-order valence-corrected chi connectivity index (χ3v) is 4.30. The molecule has 0 spiro atoms. The van der Waals surface area contributed by atoms with E-state index in [4.69, 9.17) is 5.11 Å². The number of fused-ring (bicyclic) bond motifs is 1. The van der Waals surface area contributed by atoms with Gasteiger partial charge in [-0.15, -0.1) is 5.10 Å². The summed E-state index contributed by atoms with van der Waals surface area (Å²) in [5.74, 6) is -0.141. The van der Waals surface area contributed by atoms with Crippen LogP contribution in [0.5, 0.6) is 0 Å². The molecule has 2 unspecified atom stereocenters. The van der Waals surface area contributed by atoms with E-state index in [-0.39, 0.29) is 30.5 Å². The summed E-state index contributed by atoms with van der Waals surface area (Å²) in [4.78, 5) is 27.6. The van der Waals surface area contributed by atoms with E-state index in [0.717, 1.165) is 18.0 Å². The van der Waals surface area contributed by atoms with Crippen LogP contribution >= 0.6 is 11.5 Å². The lowest BCUT2D eigenvalue weighted by Gasteiger charge is -2.24. The summed E-state index contributed by atoms with van der Waals surface area (Å²) in [5.41, 5.74) is 0.346. The Morgan fingerprint density at radius 2 is 2.37 bits per heavy atom. The Bertz CT molecular complexity index is 492. The fourth-order valence-electron chi connectivity index (χ4n) is 2.98. The number of amides is 2. The van der Waals surface area contributed by atoms with E-state index in [0.29, 0.717) is 25.2 Å². The number of aliphatic hydroxyl groups excluding tert-OH is 1. The molecular weight excluding hydrogens is 268 g/mol. The predicted molar refractivity (Wildman–Crippen MR) is 66.6 cm³/mol. The van der Waals surface area contributed by atoms with Gasteiger partial charge in [0.25, 0.3) is 5.91 Å². The number of β-amino-alcohol motifs (C(OH)–C–C–N with tert-alkyl or cyclic N) is 1. The normalized spacial score (nSPS) is 26.1. The number of carbonyl (C=O) groups is 2.